The molecular formula is C12H10N2O. The molecule has 0 unspecified atom stereocenters. The topological polar surface area (TPSA) is 37.8 Å². The molecule has 3 heteroatoms. The molecule has 2 aromatic rings. The second-order valence-corrected chi connectivity index (χ2v) is 3.16. The summed E-state index contributed by atoms with van der Waals surface area (Å²) in [7, 11) is 0. The molecule has 0 aliphatic carbocycles. The summed E-state index contributed by atoms with van der Waals surface area (Å²) in [5.41, 5.74) is 1.66. The van der Waals surface area contributed by atoms with Crippen molar-refractivity contribution in [1.29, 1.82) is 0 Å². The molecule has 74 valence electrons. The summed E-state index contributed by atoms with van der Waals surface area (Å²) in [6.07, 6.45) is 5.15. The Morgan fingerprint density at radius 3 is 2.73 bits per heavy atom. The Bertz CT molecular complexity index is 543. The normalized spacial score (nSPS) is 9.80. The maximum atomic E-state index is 11.4. The van der Waals surface area contributed by atoms with Crippen molar-refractivity contribution < 1.29 is 0 Å². The van der Waals surface area contributed by atoms with Crippen molar-refractivity contribution >= 4 is 0 Å². The number of hydrogen-bond donors (Lipinski definition) is 1. The fourth-order valence-electron chi connectivity index (χ4n) is 1.41. The molecular weight excluding hydrogens is 188 g/mol. The Labute approximate surface area is 87.4 Å². The first-order valence-electron chi connectivity index (χ1n) is 4.60. The van der Waals surface area contributed by atoms with Crippen LogP contribution in [0.25, 0.3) is 11.3 Å². The maximum absolute atomic E-state index is 11.4. The second kappa shape index (κ2) is 3.89. The van der Waals surface area contributed by atoms with E-state index < -0.39 is 0 Å². The van der Waals surface area contributed by atoms with Gasteiger partial charge < -0.3 is 0 Å². The van der Waals surface area contributed by atoms with Gasteiger partial charge in [0.05, 0.1) is 5.69 Å². The van der Waals surface area contributed by atoms with Gasteiger partial charge in [-0.1, -0.05) is 36.3 Å². The number of hydrogen-bond acceptors (Lipinski definition) is 1. The molecule has 0 aliphatic rings. The lowest BCUT2D eigenvalue weighted by Crippen LogP contribution is -2.14. The average Bonchev–Trinajstić information content (AvgIpc) is 2.63. The molecule has 2 rings (SSSR count). The van der Waals surface area contributed by atoms with E-state index in [0.717, 1.165) is 11.3 Å². The molecule has 0 spiro atoms. The van der Waals surface area contributed by atoms with E-state index in [2.05, 4.69) is 11.0 Å². The van der Waals surface area contributed by atoms with Crippen LogP contribution in [0.1, 0.15) is 0 Å². The van der Waals surface area contributed by atoms with Crippen molar-refractivity contribution in [1.82, 2.24) is 9.78 Å². The van der Waals surface area contributed by atoms with Gasteiger partial charge in [0.2, 0.25) is 0 Å². The third kappa shape index (κ3) is 1.84. The van der Waals surface area contributed by atoms with Crippen LogP contribution in [-0.4, -0.2) is 9.78 Å². The number of benzene rings is 1. The first-order chi connectivity index (χ1) is 7.31. The van der Waals surface area contributed by atoms with Gasteiger partial charge in [-0.15, -0.1) is 6.42 Å². The highest BCUT2D eigenvalue weighted by Crippen LogP contribution is 2.13. The van der Waals surface area contributed by atoms with Gasteiger partial charge >= 0.3 is 0 Å². The first kappa shape index (κ1) is 9.35. The number of rotatable bonds is 2. The molecule has 0 fully saturated rings. The van der Waals surface area contributed by atoms with Crippen molar-refractivity contribution in [3.05, 3.63) is 46.8 Å². The number of aromatic amines is 1. The van der Waals surface area contributed by atoms with Crippen LogP contribution in [0.3, 0.4) is 0 Å². The minimum Gasteiger partial charge on any atom is -0.294 e. The quantitative estimate of drug-likeness (QED) is 0.729. The molecule has 0 atom stereocenters. The van der Waals surface area contributed by atoms with Gasteiger partial charge in [0.25, 0.3) is 5.56 Å². The van der Waals surface area contributed by atoms with Crippen LogP contribution in [0.5, 0.6) is 0 Å². The minimum absolute atomic E-state index is 0.105. The third-order valence-electron chi connectivity index (χ3n) is 2.12. The largest absolute Gasteiger partial charge is 0.294 e. The van der Waals surface area contributed by atoms with Crippen LogP contribution < -0.4 is 5.56 Å². The summed E-state index contributed by atoms with van der Waals surface area (Å²) in [6, 6.07) is 11.2. The summed E-state index contributed by atoms with van der Waals surface area (Å²) in [5, 5.41) is 2.96. The van der Waals surface area contributed by atoms with Gasteiger partial charge in [-0.05, 0) is 5.56 Å². The van der Waals surface area contributed by atoms with E-state index in [0.29, 0.717) is 0 Å². The van der Waals surface area contributed by atoms with E-state index in [9.17, 15) is 4.79 Å². The van der Waals surface area contributed by atoms with E-state index in [1.807, 2.05) is 30.3 Å². The molecule has 0 saturated carbocycles. The van der Waals surface area contributed by atoms with Crippen LogP contribution >= 0.6 is 0 Å². The van der Waals surface area contributed by atoms with Crippen LogP contribution in [-0.2, 0) is 6.54 Å². The maximum Gasteiger partial charge on any atom is 0.267 e. The predicted octanol–water partition coefficient (Wildman–Crippen LogP) is 1.48. The average molecular weight is 198 g/mol. The van der Waals surface area contributed by atoms with Gasteiger partial charge in [-0.3, -0.25) is 9.89 Å². The van der Waals surface area contributed by atoms with Crippen molar-refractivity contribution in [2.24, 2.45) is 0 Å². The zero-order valence-corrected chi connectivity index (χ0v) is 8.10. The Balaban J connectivity index is 2.44. The van der Waals surface area contributed by atoms with Gasteiger partial charge in [-0.25, -0.2) is 4.68 Å². The zero-order valence-electron chi connectivity index (χ0n) is 8.10. The van der Waals surface area contributed by atoms with Crippen LogP contribution in [0.4, 0.5) is 0 Å². The number of H-pyrrole nitrogens is 1. The molecule has 0 bridgehead atoms. The van der Waals surface area contributed by atoms with Gasteiger partial charge in [0.15, 0.2) is 0 Å². The molecule has 3 nitrogen and oxygen atoms in total. The zero-order chi connectivity index (χ0) is 10.7. The highest BCUT2D eigenvalue weighted by molar-refractivity contribution is 5.57. The Morgan fingerprint density at radius 1 is 1.33 bits per heavy atom. The number of terminal acetylenes is 1. The van der Waals surface area contributed by atoms with Crippen molar-refractivity contribution in [3.63, 3.8) is 0 Å². The smallest absolute Gasteiger partial charge is 0.267 e. The van der Waals surface area contributed by atoms with Crippen molar-refractivity contribution in [2.45, 2.75) is 6.54 Å². The summed E-state index contributed by atoms with van der Waals surface area (Å²) in [5.74, 6) is 2.42. The predicted molar refractivity (Wildman–Crippen MR) is 59.3 cm³/mol. The molecule has 0 amide bonds. The van der Waals surface area contributed by atoms with Crippen LogP contribution in [0.2, 0.25) is 0 Å². The van der Waals surface area contributed by atoms with Gasteiger partial charge in [0.1, 0.15) is 6.54 Å². The molecule has 1 aromatic heterocycles. The van der Waals surface area contributed by atoms with Gasteiger partial charge in [0, 0.05) is 6.07 Å². The molecule has 0 saturated heterocycles. The molecule has 15 heavy (non-hydrogen) atoms. The Kier molecular flexibility index (Phi) is 2.42. The molecule has 0 aliphatic heterocycles. The van der Waals surface area contributed by atoms with E-state index >= 15 is 0 Å². The monoisotopic (exact) mass is 198 g/mol. The number of nitrogens with zero attached hydrogens (tertiary/aromatic N) is 1. The van der Waals surface area contributed by atoms with E-state index in [4.69, 9.17) is 6.42 Å². The second-order valence-electron chi connectivity index (χ2n) is 3.16. The van der Waals surface area contributed by atoms with E-state index in [1.165, 1.54) is 4.68 Å². The van der Waals surface area contributed by atoms with Crippen molar-refractivity contribution in [3.8, 4) is 23.6 Å². The van der Waals surface area contributed by atoms with Crippen LogP contribution in [0, 0.1) is 12.3 Å². The highest BCUT2D eigenvalue weighted by atomic mass is 16.1. The van der Waals surface area contributed by atoms with E-state index in [-0.39, 0.29) is 12.1 Å². The number of nitrogens with one attached hydrogen (secondary N) is 1. The Morgan fingerprint density at radius 2 is 2.07 bits per heavy atom. The number of aromatic nitrogens is 2. The summed E-state index contributed by atoms with van der Waals surface area (Å²) < 4.78 is 1.41. The first-order valence-corrected chi connectivity index (χ1v) is 4.60. The summed E-state index contributed by atoms with van der Waals surface area (Å²) >= 11 is 0. The summed E-state index contributed by atoms with van der Waals surface area (Å²) in [4.78, 5) is 11.4. The molecule has 1 aromatic carbocycles. The molecule has 1 heterocycles. The SMILES string of the molecule is C#CCn1[nH]c(-c2ccccc2)cc1=O. The minimum atomic E-state index is -0.105. The van der Waals surface area contributed by atoms with Crippen molar-refractivity contribution in [2.75, 3.05) is 0 Å². The van der Waals surface area contributed by atoms with Gasteiger partial charge in [-0.2, -0.15) is 0 Å². The molecule has 0 radical (unpaired) electrons. The lowest BCUT2D eigenvalue weighted by atomic mass is 10.2. The van der Waals surface area contributed by atoms with Crippen LogP contribution in [0.15, 0.2) is 41.2 Å². The molecule has 1 N–H and O–H groups in total. The lowest BCUT2D eigenvalue weighted by Gasteiger charge is -1.97. The Hall–Kier alpha value is -2.21. The lowest BCUT2D eigenvalue weighted by molar-refractivity contribution is 0.693. The summed E-state index contributed by atoms with van der Waals surface area (Å²) in [6.45, 7) is 0.270. The van der Waals surface area contributed by atoms with E-state index in [1.54, 1.807) is 6.07 Å². The standard InChI is InChI=1S/C12H10N2O/c1-2-8-14-12(15)9-11(13-14)10-6-4-3-5-7-10/h1,3-7,9,13H,8H2. The fourth-order valence-corrected chi connectivity index (χ4v) is 1.41. The fraction of sp³-hybridized carbons (Fsp3) is 0.0833. The third-order valence-corrected chi connectivity index (χ3v) is 2.12. The highest BCUT2D eigenvalue weighted by Gasteiger charge is 2.02.